The van der Waals surface area contributed by atoms with Gasteiger partial charge >= 0.3 is 24.4 Å². The number of pyridine rings is 1. The van der Waals surface area contributed by atoms with Crippen LogP contribution in [-0.4, -0.2) is 124 Å². The fourth-order valence-corrected chi connectivity index (χ4v) is 4.57. The highest BCUT2D eigenvalue weighted by Crippen LogP contribution is 2.14. The molecule has 16 heteroatoms. The van der Waals surface area contributed by atoms with Gasteiger partial charge in [0, 0.05) is 58.6 Å². The Hall–Kier alpha value is -4.01. The van der Waals surface area contributed by atoms with Crippen molar-refractivity contribution in [2.75, 3.05) is 52.4 Å². The highest BCUT2D eigenvalue weighted by Gasteiger charge is 2.25. The van der Waals surface area contributed by atoms with Crippen LogP contribution in [0.3, 0.4) is 0 Å². The van der Waals surface area contributed by atoms with Crippen molar-refractivity contribution >= 4 is 41.9 Å². The second kappa shape index (κ2) is 21.4. The highest BCUT2D eigenvalue weighted by molar-refractivity contribution is 6.29. The van der Waals surface area contributed by atoms with Crippen molar-refractivity contribution in [2.45, 2.75) is 111 Å². The van der Waals surface area contributed by atoms with E-state index in [4.69, 9.17) is 25.8 Å². The van der Waals surface area contributed by atoms with Crippen LogP contribution < -0.4 is 10.6 Å². The number of ether oxygens (including phenoxy) is 3. The van der Waals surface area contributed by atoms with E-state index in [1.54, 1.807) is 78.2 Å². The summed E-state index contributed by atoms with van der Waals surface area (Å²) < 4.78 is 16.5. The van der Waals surface area contributed by atoms with Gasteiger partial charge in [0.05, 0.1) is 5.56 Å². The summed E-state index contributed by atoms with van der Waals surface area (Å²) in [6, 6.07) is 3.07. The SMILES string of the molecule is CC(C)(C)OC(=O)NCCCN(CCCCN(CCCN(CCCNC(=O)c1ccc(Cl)nc1)C(=O)O)C(=O)OC(C)(C)C)C(=O)OC(C)(C)C. The molecular weight excluding hydrogens is 684 g/mol. The first-order valence-corrected chi connectivity index (χ1v) is 17.7. The smallest absolute Gasteiger partial charge is 0.410 e. The zero-order chi connectivity index (χ0) is 38.8. The zero-order valence-electron chi connectivity index (χ0n) is 31.8. The third-order valence-corrected chi connectivity index (χ3v) is 6.91. The molecule has 0 aromatic carbocycles. The third-order valence-electron chi connectivity index (χ3n) is 6.69. The highest BCUT2D eigenvalue weighted by atomic mass is 35.5. The molecule has 0 fully saturated rings. The summed E-state index contributed by atoms with van der Waals surface area (Å²) >= 11 is 5.76. The average Bonchev–Trinajstić information content (AvgIpc) is 2.97. The second-order valence-electron chi connectivity index (χ2n) is 15.0. The van der Waals surface area contributed by atoms with Crippen molar-refractivity contribution in [3.63, 3.8) is 0 Å². The predicted octanol–water partition coefficient (Wildman–Crippen LogP) is 6.39. The molecule has 0 saturated heterocycles. The molecule has 1 rings (SSSR count). The maximum Gasteiger partial charge on any atom is 0.410 e. The van der Waals surface area contributed by atoms with Gasteiger partial charge in [0.2, 0.25) is 0 Å². The van der Waals surface area contributed by atoms with E-state index in [1.807, 2.05) is 0 Å². The van der Waals surface area contributed by atoms with Crippen LogP contribution in [0, 0.1) is 0 Å². The van der Waals surface area contributed by atoms with E-state index < -0.39 is 41.2 Å². The molecule has 0 radical (unpaired) electrons. The van der Waals surface area contributed by atoms with E-state index in [9.17, 15) is 29.1 Å². The van der Waals surface area contributed by atoms with Gasteiger partial charge in [-0.1, -0.05) is 11.6 Å². The summed E-state index contributed by atoms with van der Waals surface area (Å²) in [4.78, 5) is 70.5. The van der Waals surface area contributed by atoms with E-state index in [-0.39, 0.29) is 37.2 Å². The lowest BCUT2D eigenvalue weighted by molar-refractivity contribution is 0.0204. The largest absolute Gasteiger partial charge is 0.465 e. The molecule has 3 N–H and O–H groups in total. The lowest BCUT2D eigenvalue weighted by Gasteiger charge is -2.29. The van der Waals surface area contributed by atoms with Gasteiger partial charge in [0.1, 0.15) is 22.0 Å². The van der Waals surface area contributed by atoms with Crippen molar-refractivity contribution in [1.82, 2.24) is 30.3 Å². The summed E-state index contributed by atoms with van der Waals surface area (Å²) in [5, 5.41) is 15.5. The number of nitrogens with one attached hydrogen (secondary N) is 2. The Bertz CT molecular complexity index is 1260. The van der Waals surface area contributed by atoms with Gasteiger partial charge in [-0.2, -0.15) is 0 Å². The van der Waals surface area contributed by atoms with E-state index in [0.717, 1.165) is 0 Å². The average molecular weight is 743 g/mol. The van der Waals surface area contributed by atoms with Gasteiger partial charge < -0.3 is 44.7 Å². The maximum atomic E-state index is 13.1. The number of carbonyl (C=O) groups is 5. The molecule has 0 unspecified atom stereocenters. The minimum atomic E-state index is -1.10. The van der Waals surface area contributed by atoms with Crippen molar-refractivity contribution in [1.29, 1.82) is 0 Å². The van der Waals surface area contributed by atoms with E-state index in [2.05, 4.69) is 15.6 Å². The number of amides is 5. The molecular formula is C35H59ClN6O9. The van der Waals surface area contributed by atoms with Crippen LogP contribution in [-0.2, 0) is 14.2 Å². The lowest BCUT2D eigenvalue weighted by atomic mass is 10.2. The zero-order valence-corrected chi connectivity index (χ0v) is 32.6. The fourth-order valence-electron chi connectivity index (χ4n) is 4.46. The number of rotatable bonds is 18. The minimum absolute atomic E-state index is 0.174. The Kier molecular flexibility index (Phi) is 18.9. The van der Waals surface area contributed by atoms with Crippen LogP contribution in [0.4, 0.5) is 19.2 Å². The van der Waals surface area contributed by atoms with Crippen molar-refractivity contribution in [3.05, 3.63) is 29.0 Å². The third kappa shape index (κ3) is 21.7. The number of aromatic nitrogens is 1. The topological polar surface area (TPSA) is 180 Å². The van der Waals surface area contributed by atoms with Gasteiger partial charge in [-0.3, -0.25) is 4.79 Å². The monoisotopic (exact) mass is 742 g/mol. The molecule has 1 aromatic heterocycles. The summed E-state index contributed by atoms with van der Waals surface area (Å²) in [7, 11) is 0. The van der Waals surface area contributed by atoms with Crippen molar-refractivity contribution in [3.8, 4) is 0 Å². The first-order valence-electron chi connectivity index (χ1n) is 17.4. The Morgan fingerprint density at radius 1 is 0.647 bits per heavy atom. The molecule has 51 heavy (non-hydrogen) atoms. The predicted molar refractivity (Wildman–Crippen MR) is 194 cm³/mol. The van der Waals surface area contributed by atoms with Gasteiger partial charge in [0.15, 0.2) is 0 Å². The fraction of sp³-hybridized carbons (Fsp3) is 0.714. The summed E-state index contributed by atoms with van der Waals surface area (Å²) in [6.07, 6.45) is 1.08. The van der Waals surface area contributed by atoms with Crippen molar-refractivity contribution < 1.29 is 43.3 Å². The molecule has 15 nitrogen and oxygen atoms in total. The van der Waals surface area contributed by atoms with Crippen LogP contribution in [0.1, 0.15) is 105 Å². The van der Waals surface area contributed by atoms with Gasteiger partial charge in [-0.25, -0.2) is 24.2 Å². The lowest BCUT2D eigenvalue weighted by Crippen LogP contribution is -2.41. The quantitative estimate of drug-likeness (QED) is 0.0866. The second-order valence-corrected chi connectivity index (χ2v) is 15.4. The summed E-state index contributed by atoms with van der Waals surface area (Å²) in [5.41, 5.74) is -1.68. The first kappa shape index (κ1) is 45.0. The number of halogens is 1. The molecule has 290 valence electrons. The van der Waals surface area contributed by atoms with E-state index in [0.29, 0.717) is 63.8 Å². The standard InChI is InChI=1S/C35H59ClN6O9/c1-33(2,3)49-29(44)38-18-13-22-41(31(47)50-34(4,5)6)19-10-11-20-42(32(48)51-35(7,8)9)24-14-23-40(30(45)46)21-12-17-37-28(43)26-15-16-27(36)39-25-26/h15-16,25H,10-14,17-24H2,1-9H3,(H,37,43)(H,38,44)(H,45,46). The molecule has 5 amide bonds. The number of carbonyl (C=O) groups excluding carboxylic acids is 4. The van der Waals surface area contributed by atoms with Crippen LogP contribution in [0.5, 0.6) is 0 Å². The molecule has 0 saturated carbocycles. The number of unbranched alkanes of at least 4 members (excludes halogenated alkanes) is 1. The van der Waals surface area contributed by atoms with Gasteiger partial charge in [-0.15, -0.1) is 0 Å². The minimum Gasteiger partial charge on any atom is -0.465 e. The molecule has 1 aromatic rings. The Morgan fingerprint density at radius 3 is 1.53 bits per heavy atom. The van der Waals surface area contributed by atoms with E-state index in [1.165, 1.54) is 17.2 Å². The van der Waals surface area contributed by atoms with Gasteiger partial charge in [-0.05, 0) is 107 Å². The van der Waals surface area contributed by atoms with Crippen LogP contribution in [0.15, 0.2) is 18.3 Å². The number of alkyl carbamates (subject to hydrolysis) is 1. The molecule has 0 aliphatic carbocycles. The number of hydrogen-bond acceptors (Lipinski definition) is 9. The maximum absolute atomic E-state index is 13.1. The molecule has 0 spiro atoms. The Balaban J connectivity index is 2.71. The normalized spacial score (nSPS) is 11.6. The number of hydrogen-bond donors (Lipinski definition) is 3. The first-order chi connectivity index (χ1) is 23.6. The molecule has 0 aliphatic rings. The van der Waals surface area contributed by atoms with Crippen LogP contribution in [0.2, 0.25) is 5.15 Å². The van der Waals surface area contributed by atoms with Gasteiger partial charge in [0.25, 0.3) is 5.91 Å². The van der Waals surface area contributed by atoms with Crippen LogP contribution >= 0.6 is 11.6 Å². The number of nitrogens with zero attached hydrogens (tertiary/aromatic N) is 4. The molecule has 1 heterocycles. The Labute approximate surface area is 307 Å². The van der Waals surface area contributed by atoms with E-state index >= 15 is 0 Å². The summed E-state index contributed by atoms with van der Waals surface area (Å²) in [6.45, 7) is 18.2. The molecule has 0 bridgehead atoms. The van der Waals surface area contributed by atoms with Crippen LogP contribution in [0.25, 0.3) is 0 Å². The Morgan fingerprint density at radius 2 is 1.08 bits per heavy atom. The molecule has 0 atom stereocenters. The molecule has 0 aliphatic heterocycles. The van der Waals surface area contributed by atoms with Crippen molar-refractivity contribution in [2.24, 2.45) is 0 Å². The number of carboxylic acid groups (broad SMARTS) is 1. The summed E-state index contributed by atoms with van der Waals surface area (Å²) in [5.74, 6) is -0.335.